The molecule has 25 heavy (non-hydrogen) atoms. The number of hydrogen-bond acceptors (Lipinski definition) is 3. The molecule has 1 aromatic rings. The minimum absolute atomic E-state index is 0.163. The van der Waals surface area contributed by atoms with Gasteiger partial charge in [-0.2, -0.15) is 0 Å². The predicted octanol–water partition coefficient (Wildman–Crippen LogP) is 2.64. The van der Waals surface area contributed by atoms with Gasteiger partial charge >= 0.3 is 12.0 Å². The van der Waals surface area contributed by atoms with Gasteiger partial charge in [-0.1, -0.05) is 25.3 Å². The van der Waals surface area contributed by atoms with Crippen LogP contribution in [-0.2, 0) is 4.79 Å². The summed E-state index contributed by atoms with van der Waals surface area (Å²) in [6.07, 6.45) is 2.73. The second-order valence-corrected chi connectivity index (χ2v) is 7.03. The Bertz CT molecular complexity index is 764. The minimum Gasteiger partial charge on any atom is -0.270 e. The average Bonchev–Trinajstić information content (AvgIpc) is 3.09. The molecule has 0 aromatic carbocycles. The molecule has 3 amide bonds. The third kappa shape index (κ3) is 2.40. The van der Waals surface area contributed by atoms with E-state index < -0.39 is 6.04 Å². The van der Waals surface area contributed by atoms with E-state index in [4.69, 9.17) is 4.99 Å². The van der Waals surface area contributed by atoms with Crippen LogP contribution < -0.4 is 4.57 Å². The quantitative estimate of drug-likeness (QED) is 0.770. The van der Waals surface area contributed by atoms with Gasteiger partial charge < -0.3 is 0 Å². The molecule has 2 aliphatic heterocycles. The Morgan fingerprint density at radius 2 is 1.92 bits per heavy atom. The first-order chi connectivity index (χ1) is 11.8. The van der Waals surface area contributed by atoms with Crippen LogP contribution in [0.3, 0.4) is 0 Å². The van der Waals surface area contributed by atoms with Crippen molar-refractivity contribution in [2.24, 2.45) is 4.99 Å². The number of carbonyl (C=O) groups excluding carboxylic acids is 2. The third-order valence-electron chi connectivity index (χ3n) is 5.52. The van der Waals surface area contributed by atoms with Crippen molar-refractivity contribution in [2.75, 3.05) is 13.6 Å². The van der Waals surface area contributed by atoms with E-state index in [-0.39, 0.29) is 18.0 Å². The van der Waals surface area contributed by atoms with E-state index in [9.17, 15) is 9.59 Å². The maximum Gasteiger partial charge on any atom is 0.402 e. The summed E-state index contributed by atoms with van der Waals surface area (Å²) in [5, 5.41) is 0. The number of nitrogens with zero attached hydrogens (tertiary/aromatic N) is 5. The summed E-state index contributed by atoms with van der Waals surface area (Å²) in [5.41, 5.74) is 2.16. The molecule has 0 aliphatic carbocycles. The van der Waals surface area contributed by atoms with Gasteiger partial charge in [-0.05, 0) is 33.6 Å². The number of amides is 3. The first kappa shape index (κ1) is 17.6. The summed E-state index contributed by atoms with van der Waals surface area (Å²) >= 11 is 0. The second-order valence-electron chi connectivity index (χ2n) is 7.03. The number of imide groups is 1. The largest absolute Gasteiger partial charge is 0.402 e. The van der Waals surface area contributed by atoms with Gasteiger partial charge in [-0.3, -0.25) is 14.6 Å². The molecule has 0 saturated carbocycles. The standard InChI is InChI=1S/C18H28N5O2/c1-7-9-10-21-16(24)14-15(20(6)18(21)25)19-17-22(11(3)8-2)12(4)13(5)23(14)17/h11,14H,7-10H2,1-6H3/q+1. The Morgan fingerprint density at radius 1 is 1.24 bits per heavy atom. The molecular formula is C18H28N5O2+. The predicted molar refractivity (Wildman–Crippen MR) is 95.0 cm³/mol. The molecule has 0 radical (unpaired) electrons. The molecule has 2 atom stereocenters. The van der Waals surface area contributed by atoms with Crippen molar-refractivity contribution in [3.8, 4) is 0 Å². The Kier molecular flexibility index (Phi) is 4.43. The zero-order chi connectivity index (χ0) is 18.5. The van der Waals surface area contributed by atoms with Gasteiger partial charge in [-0.15, -0.1) is 0 Å². The first-order valence-electron chi connectivity index (χ1n) is 9.15. The van der Waals surface area contributed by atoms with Gasteiger partial charge in [0.1, 0.15) is 11.4 Å². The third-order valence-corrected chi connectivity index (χ3v) is 5.52. The van der Waals surface area contributed by atoms with Gasteiger partial charge in [0.2, 0.25) is 11.9 Å². The second kappa shape index (κ2) is 6.28. The van der Waals surface area contributed by atoms with E-state index in [1.165, 1.54) is 9.80 Å². The number of aromatic nitrogens is 2. The molecule has 3 rings (SSSR count). The number of fused-ring (bicyclic) bond motifs is 3. The highest BCUT2D eigenvalue weighted by atomic mass is 16.2. The highest BCUT2D eigenvalue weighted by Gasteiger charge is 2.54. The lowest BCUT2D eigenvalue weighted by Crippen LogP contribution is -2.63. The average molecular weight is 346 g/mol. The molecule has 7 heteroatoms. The maximum absolute atomic E-state index is 13.1. The van der Waals surface area contributed by atoms with E-state index >= 15 is 0 Å². The summed E-state index contributed by atoms with van der Waals surface area (Å²) in [7, 11) is 1.71. The zero-order valence-electron chi connectivity index (χ0n) is 16.0. The van der Waals surface area contributed by atoms with Crippen molar-refractivity contribution in [3.05, 3.63) is 11.4 Å². The normalized spacial score (nSPS) is 20.7. The molecule has 1 aromatic heterocycles. The molecule has 0 spiro atoms. The van der Waals surface area contributed by atoms with E-state index in [0.717, 1.165) is 36.6 Å². The first-order valence-corrected chi connectivity index (χ1v) is 9.15. The molecule has 0 N–H and O–H groups in total. The number of likely N-dealkylation sites (N-methyl/N-ethyl adjacent to an activating group) is 1. The molecule has 1 saturated heterocycles. The van der Waals surface area contributed by atoms with Gasteiger partial charge in [0.15, 0.2) is 0 Å². The van der Waals surface area contributed by atoms with E-state index in [0.29, 0.717) is 12.4 Å². The molecular weight excluding hydrogens is 318 g/mol. The number of urea groups is 1. The smallest absolute Gasteiger partial charge is 0.270 e. The van der Waals surface area contributed by atoms with Crippen molar-refractivity contribution in [1.29, 1.82) is 0 Å². The fraction of sp³-hybridized carbons (Fsp3) is 0.667. The van der Waals surface area contributed by atoms with Crippen LogP contribution in [-0.4, -0.2) is 45.7 Å². The van der Waals surface area contributed by atoms with Crippen LogP contribution in [0.2, 0.25) is 0 Å². The SMILES string of the molecule is CCCCN1C(=O)C2C(=Nc3n(C(C)CC)c(C)c(C)[n+]32)N(C)C1=O. The lowest BCUT2D eigenvalue weighted by molar-refractivity contribution is -0.683. The molecule has 1 fully saturated rings. The van der Waals surface area contributed by atoms with Gasteiger partial charge in [0.25, 0.3) is 5.91 Å². The molecule has 136 valence electrons. The maximum atomic E-state index is 13.1. The highest BCUT2D eigenvalue weighted by molar-refractivity contribution is 6.19. The number of amidine groups is 1. The Hall–Kier alpha value is -2.18. The number of unbranched alkanes of at least 4 members (excludes halogenated alkanes) is 1. The fourth-order valence-corrected chi connectivity index (χ4v) is 3.69. The van der Waals surface area contributed by atoms with Gasteiger partial charge in [0, 0.05) is 13.6 Å². The summed E-state index contributed by atoms with van der Waals surface area (Å²) < 4.78 is 4.18. The van der Waals surface area contributed by atoms with Crippen LogP contribution in [0, 0.1) is 13.8 Å². The van der Waals surface area contributed by atoms with Gasteiger partial charge in [-0.25, -0.2) is 13.9 Å². The summed E-state index contributed by atoms with van der Waals surface area (Å²) in [6, 6.07) is -0.519. The lowest BCUT2D eigenvalue weighted by atomic mass is 10.1. The Morgan fingerprint density at radius 3 is 2.52 bits per heavy atom. The molecule has 7 nitrogen and oxygen atoms in total. The molecule has 3 heterocycles. The lowest BCUT2D eigenvalue weighted by Gasteiger charge is -2.33. The van der Waals surface area contributed by atoms with Crippen molar-refractivity contribution in [2.45, 2.75) is 66.0 Å². The molecule has 0 bridgehead atoms. The minimum atomic E-state index is -0.529. The summed E-state index contributed by atoms with van der Waals surface area (Å²) in [4.78, 5) is 33.4. The molecule has 2 aliphatic rings. The Balaban J connectivity index is 2.12. The van der Waals surface area contributed by atoms with Crippen molar-refractivity contribution in [3.63, 3.8) is 0 Å². The number of imidazole rings is 1. The van der Waals surface area contributed by atoms with Crippen LogP contribution in [0.5, 0.6) is 0 Å². The van der Waals surface area contributed by atoms with Crippen LogP contribution in [0.25, 0.3) is 0 Å². The van der Waals surface area contributed by atoms with Crippen LogP contribution in [0.15, 0.2) is 4.99 Å². The van der Waals surface area contributed by atoms with Crippen LogP contribution >= 0.6 is 0 Å². The van der Waals surface area contributed by atoms with Crippen molar-refractivity contribution >= 4 is 23.7 Å². The highest BCUT2D eigenvalue weighted by Crippen LogP contribution is 2.33. The van der Waals surface area contributed by atoms with Crippen molar-refractivity contribution < 1.29 is 14.2 Å². The number of carbonyl (C=O) groups is 2. The zero-order valence-corrected chi connectivity index (χ0v) is 16.0. The molecule has 2 unspecified atom stereocenters. The van der Waals surface area contributed by atoms with E-state index in [2.05, 4.69) is 32.3 Å². The van der Waals surface area contributed by atoms with Crippen molar-refractivity contribution in [1.82, 2.24) is 14.4 Å². The number of rotatable bonds is 5. The van der Waals surface area contributed by atoms with Crippen LogP contribution in [0.4, 0.5) is 10.7 Å². The summed E-state index contributed by atoms with van der Waals surface area (Å²) in [5.74, 6) is 1.15. The van der Waals surface area contributed by atoms with E-state index in [1.54, 1.807) is 7.05 Å². The number of hydrogen-bond donors (Lipinski definition) is 0. The van der Waals surface area contributed by atoms with E-state index in [1.807, 2.05) is 11.5 Å². The monoisotopic (exact) mass is 346 g/mol. The Labute approximate surface area is 148 Å². The number of aliphatic imine (C=N–C) groups is 1. The van der Waals surface area contributed by atoms with Gasteiger partial charge in [0.05, 0.1) is 6.04 Å². The topological polar surface area (TPSA) is 61.8 Å². The summed E-state index contributed by atoms with van der Waals surface area (Å²) in [6.45, 7) is 10.9. The van der Waals surface area contributed by atoms with Crippen LogP contribution in [0.1, 0.15) is 63.5 Å². The fourth-order valence-electron chi connectivity index (χ4n) is 3.69.